The number of aliphatic hydroxyl groups is 1. The molecule has 2 rings (SSSR count). The van der Waals surface area contributed by atoms with E-state index in [4.69, 9.17) is 9.52 Å². The Hall–Kier alpha value is -2.18. The molecule has 0 saturated carbocycles. The summed E-state index contributed by atoms with van der Waals surface area (Å²) in [7, 11) is 1.75. The summed E-state index contributed by atoms with van der Waals surface area (Å²) in [5.41, 5.74) is 0.955. The fraction of sp³-hybridized carbons (Fsp3) is 0.375. The van der Waals surface area contributed by atoms with E-state index in [2.05, 4.69) is 5.32 Å². The minimum Gasteiger partial charge on any atom is -0.451 e. The number of anilines is 1. The average molecular weight is 304 g/mol. The van der Waals surface area contributed by atoms with Crippen molar-refractivity contribution in [1.82, 2.24) is 4.90 Å². The van der Waals surface area contributed by atoms with Crippen molar-refractivity contribution in [2.75, 3.05) is 25.5 Å². The number of benzene rings is 1. The Morgan fingerprint density at radius 2 is 2.05 bits per heavy atom. The minimum absolute atomic E-state index is 0.0263. The van der Waals surface area contributed by atoms with Gasteiger partial charge in [0.2, 0.25) is 5.91 Å². The van der Waals surface area contributed by atoms with Crippen molar-refractivity contribution in [3.63, 3.8) is 0 Å². The van der Waals surface area contributed by atoms with Crippen LogP contribution in [0.1, 0.15) is 24.4 Å². The van der Waals surface area contributed by atoms with Gasteiger partial charge in [-0.3, -0.25) is 14.5 Å². The molecule has 1 unspecified atom stereocenters. The molecule has 1 heterocycles. The Bertz CT molecular complexity index is 693. The van der Waals surface area contributed by atoms with Crippen LogP contribution in [-0.4, -0.2) is 47.9 Å². The van der Waals surface area contributed by atoms with Crippen molar-refractivity contribution in [1.29, 1.82) is 0 Å². The third-order valence-corrected chi connectivity index (χ3v) is 3.66. The number of rotatable bonds is 6. The number of nitrogens with one attached hydrogen (secondary N) is 1. The highest BCUT2D eigenvalue weighted by Crippen LogP contribution is 2.31. The smallest absolute Gasteiger partial charge is 0.241 e. The van der Waals surface area contributed by atoms with Gasteiger partial charge in [0.15, 0.2) is 11.5 Å². The summed E-state index contributed by atoms with van der Waals surface area (Å²) in [6.07, 6.45) is 0. The molecule has 118 valence electrons. The number of likely N-dealkylation sites (N-methyl/N-ethyl adjacent to an activating group) is 1. The number of furan rings is 1. The average Bonchev–Trinajstić information content (AvgIpc) is 2.86. The van der Waals surface area contributed by atoms with Gasteiger partial charge in [-0.15, -0.1) is 0 Å². The summed E-state index contributed by atoms with van der Waals surface area (Å²) in [4.78, 5) is 25.8. The topological polar surface area (TPSA) is 82.8 Å². The van der Waals surface area contributed by atoms with Crippen molar-refractivity contribution in [3.05, 3.63) is 30.0 Å². The van der Waals surface area contributed by atoms with Gasteiger partial charge in [-0.25, -0.2) is 0 Å². The van der Waals surface area contributed by atoms with Crippen LogP contribution in [0.5, 0.6) is 0 Å². The van der Waals surface area contributed by atoms with Gasteiger partial charge in [0.25, 0.3) is 0 Å². The molecule has 1 aromatic carbocycles. The number of hydrogen-bond donors (Lipinski definition) is 2. The lowest BCUT2D eigenvalue weighted by molar-refractivity contribution is -0.120. The van der Waals surface area contributed by atoms with E-state index >= 15 is 0 Å². The Morgan fingerprint density at radius 1 is 1.36 bits per heavy atom. The molecule has 1 amide bonds. The number of aliphatic hydroxyl groups excluding tert-OH is 1. The molecule has 22 heavy (non-hydrogen) atoms. The van der Waals surface area contributed by atoms with E-state index in [0.29, 0.717) is 23.2 Å². The maximum Gasteiger partial charge on any atom is 0.241 e. The summed E-state index contributed by atoms with van der Waals surface area (Å²) in [5, 5.41) is 12.4. The van der Waals surface area contributed by atoms with Crippen molar-refractivity contribution >= 4 is 28.3 Å². The van der Waals surface area contributed by atoms with E-state index in [1.54, 1.807) is 37.1 Å². The highest BCUT2D eigenvalue weighted by Gasteiger charge is 2.23. The quantitative estimate of drug-likeness (QED) is 0.796. The maximum absolute atomic E-state index is 12.4. The van der Waals surface area contributed by atoms with Crippen LogP contribution in [0.15, 0.2) is 28.7 Å². The summed E-state index contributed by atoms with van der Waals surface area (Å²) in [6, 6.07) is 6.72. The number of para-hydroxylation sites is 1. The fourth-order valence-corrected chi connectivity index (χ4v) is 2.20. The van der Waals surface area contributed by atoms with Crippen LogP contribution in [0.3, 0.4) is 0 Å². The monoisotopic (exact) mass is 304 g/mol. The zero-order chi connectivity index (χ0) is 16.3. The first-order valence-corrected chi connectivity index (χ1v) is 7.10. The molecule has 0 spiro atoms. The van der Waals surface area contributed by atoms with E-state index in [0.717, 1.165) is 0 Å². The van der Waals surface area contributed by atoms with Gasteiger partial charge in [0.1, 0.15) is 5.58 Å². The van der Waals surface area contributed by atoms with Gasteiger partial charge in [-0.2, -0.15) is 0 Å². The van der Waals surface area contributed by atoms with Crippen molar-refractivity contribution in [3.8, 4) is 0 Å². The number of Topliss-reactive ketones (excluding diaryl/α,β-unsaturated/α-hetero) is 1. The third kappa shape index (κ3) is 3.18. The molecule has 1 atom stereocenters. The van der Waals surface area contributed by atoms with Crippen molar-refractivity contribution in [2.24, 2.45) is 0 Å². The van der Waals surface area contributed by atoms with E-state index in [-0.39, 0.29) is 24.1 Å². The zero-order valence-electron chi connectivity index (χ0n) is 12.9. The van der Waals surface area contributed by atoms with Crippen LogP contribution in [0.25, 0.3) is 11.0 Å². The summed E-state index contributed by atoms with van der Waals surface area (Å²) in [6.45, 7) is 3.50. The fourth-order valence-electron chi connectivity index (χ4n) is 2.20. The van der Waals surface area contributed by atoms with E-state index in [9.17, 15) is 9.59 Å². The predicted molar refractivity (Wildman–Crippen MR) is 84.0 cm³/mol. The van der Waals surface area contributed by atoms with E-state index in [1.807, 2.05) is 6.07 Å². The summed E-state index contributed by atoms with van der Waals surface area (Å²) < 4.78 is 5.53. The number of hydrogen-bond acceptors (Lipinski definition) is 5. The lowest BCUT2D eigenvalue weighted by atomic mass is 10.2. The number of carbonyl (C=O) groups excluding carboxylic acids is 2. The minimum atomic E-state index is -0.444. The molecule has 2 N–H and O–H groups in total. The lowest BCUT2D eigenvalue weighted by Gasteiger charge is -2.22. The maximum atomic E-state index is 12.4. The van der Waals surface area contributed by atoms with Crippen LogP contribution >= 0.6 is 0 Å². The Morgan fingerprint density at radius 3 is 2.68 bits per heavy atom. The van der Waals surface area contributed by atoms with Gasteiger partial charge in [-0.1, -0.05) is 12.1 Å². The highest BCUT2D eigenvalue weighted by atomic mass is 16.3. The molecular formula is C16H20N2O4. The Labute approximate surface area is 128 Å². The van der Waals surface area contributed by atoms with Gasteiger partial charge >= 0.3 is 0 Å². The van der Waals surface area contributed by atoms with E-state index in [1.165, 1.54) is 6.92 Å². The third-order valence-electron chi connectivity index (χ3n) is 3.66. The molecule has 6 nitrogen and oxygen atoms in total. The van der Waals surface area contributed by atoms with Crippen molar-refractivity contribution in [2.45, 2.75) is 19.9 Å². The van der Waals surface area contributed by atoms with Gasteiger partial charge in [-0.05, 0) is 26.1 Å². The molecule has 0 aliphatic heterocycles. The van der Waals surface area contributed by atoms with Crippen LogP contribution < -0.4 is 5.32 Å². The predicted octanol–water partition coefficient (Wildman–Crippen LogP) is 1.89. The Balaban J connectivity index is 2.32. The van der Waals surface area contributed by atoms with E-state index < -0.39 is 6.04 Å². The molecule has 1 aromatic heterocycles. The number of nitrogens with zero attached hydrogens (tertiary/aromatic N) is 1. The van der Waals surface area contributed by atoms with Gasteiger partial charge in [0.05, 0.1) is 18.3 Å². The standard InChI is InChI=1S/C16H20N2O4/c1-10(18(3)8-9-19)16(21)17-14-12-6-4-5-7-13(12)22-15(14)11(2)20/h4-7,10,19H,8-9H2,1-3H3,(H,17,21). The van der Waals surface area contributed by atoms with Crippen molar-refractivity contribution < 1.29 is 19.1 Å². The molecular weight excluding hydrogens is 284 g/mol. The second-order valence-corrected chi connectivity index (χ2v) is 5.23. The largest absolute Gasteiger partial charge is 0.451 e. The lowest BCUT2D eigenvalue weighted by Crippen LogP contribution is -2.41. The number of ketones is 1. The second kappa shape index (κ2) is 6.72. The number of fused-ring (bicyclic) bond motifs is 1. The molecule has 6 heteroatoms. The first-order valence-electron chi connectivity index (χ1n) is 7.10. The molecule has 0 bridgehead atoms. The summed E-state index contributed by atoms with van der Waals surface area (Å²) in [5.74, 6) is -0.362. The summed E-state index contributed by atoms with van der Waals surface area (Å²) >= 11 is 0. The number of amides is 1. The van der Waals surface area contributed by atoms with Crippen LogP contribution in [-0.2, 0) is 4.79 Å². The SMILES string of the molecule is CC(=O)c1oc2ccccc2c1NC(=O)C(C)N(C)CCO. The molecule has 0 radical (unpaired) electrons. The Kier molecular flexibility index (Phi) is 4.95. The molecule has 0 aliphatic rings. The first-order chi connectivity index (χ1) is 10.5. The van der Waals surface area contributed by atoms with Crippen LogP contribution in [0, 0.1) is 0 Å². The highest BCUT2D eigenvalue weighted by molar-refractivity contribution is 6.11. The van der Waals surface area contributed by atoms with Gasteiger partial charge < -0.3 is 14.8 Å². The molecule has 0 fully saturated rings. The first kappa shape index (κ1) is 16.2. The zero-order valence-corrected chi connectivity index (χ0v) is 12.9. The molecule has 2 aromatic rings. The second-order valence-electron chi connectivity index (χ2n) is 5.23. The molecule has 0 aliphatic carbocycles. The normalized spacial score (nSPS) is 12.6. The van der Waals surface area contributed by atoms with Crippen LogP contribution in [0.2, 0.25) is 0 Å². The molecule has 0 saturated heterocycles. The number of carbonyl (C=O) groups is 2. The van der Waals surface area contributed by atoms with Crippen LogP contribution in [0.4, 0.5) is 5.69 Å². The van der Waals surface area contributed by atoms with Gasteiger partial charge in [0, 0.05) is 18.9 Å².